The molecule has 1 aromatic heterocycles. The fraction of sp³-hybridized carbons (Fsp3) is 0.200. The molecule has 27 heavy (non-hydrogen) atoms. The van der Waals surface area contributed by atoms with Gasteiger partial charge in [0.25, 0.3) is 5.56 Å². The SMILES string of the molecule is O=c1[nH]c(-c2ccccc2)nc2c1CN(Cc1c(F)ccc(F)c1F)CC2. The molecule has 0 saturated carbocycles. The van der Waals surface area contributed by atoms with Crippen LogP contribution in [-0.2, 0) is 19.5 Å². The van der Waals surface area contributed by atoms with Crippen LogP contribution in [0.25, 0.3) is 11.4 Å². The quantitative estimate of drug-likeness (QED) is 0.718. The normalized spacial score (nSPS) is 14.2. The zero-order chi connectivity index (χ0) is 19.0. The Morgan fingerprint density at radius 3 is 2.56 bits per heavy atom. The predicted molar refractivity (Wildman–Crippen MR) is 94.4 cm³/mol. The Labute approximate surface area is 153 Å². The number of H-pyrrole nitrogens is 1. The molecule has 2 heterocycles. The average molecular weight is 371 g/mol. The maximum absolute atomic E-state index is 13.9. The minimum absolute atomic E-state index is 0.116. The van der Waals surface area contributed by atoms with Gasteiger partial charge in [0, 0.05) is 37.2 Å². The molecular formula is C20H16F3N3O. The number of aromatic nitrogens is 2. The van der Waals surface area contributed by atoms with Crippen LogP contribution in [0.5, 0.6) is 0 Å². The molecular weight excluding hydrogens is 355 g/mol. The minimum atomic E-state index is -1.19. The van der Waals surface area contributed by atoms with E-state index < -0.39 is 17.5 Å². The second kappa shape index (κ2) is 7.00. The van der Waals surface area contributed by atoms with E-state index in [1.54, 1.807) is 4.90 Å². The largest absolute Gasteiger partial charge is 0.306 e. The summed E-state index contributed by atoms with van der Waals surface area (Å²) in [7, 11) is 0. The maximum Gasteiger partial charge on any atom is 0.255 e. The van der Waals surface area contributed by atoms with Crippen LogP contribution in [0.4, 0.5) is 13.2 Å². The van der Waals surface area contributed by atoms with Crippen molar-refractivity contribution in [3.05, 3.63) is 87.1 Å². The van der Waals surface area contributed by atoms with Gasteiger partial charge >= 0.3 is 0 Å². The van der Waals surface area contributed by atoms with Gasteiger partial charge in [0.05, 0.1) is 11.3 Å². The Hall–Kier alpha value is -2.93. The molecule has 0 bridgehead atoms. The van der Waals surface area contributed by atoms with Crippen molar-refractivity contribution >= 4 is 0 Å². The minimum Gasteiger partial charge on any atom is -0.306 e. The summed E-state index contributed by atoms with van der Waals surface area (Å²) in [6.07, 6.45) is 0.470. The third kappa shape index (κ3) is 3.38. The standard InChI is InChI=1S/C20H16F3N3O/c21-15-6-7-16(22)18(23)13(15)10-26-9-8-17-14(11-26)20(27)25-19(24-17)12-4-2-1-3-5-12/h1-7H,8-11H2,(H,24,25,27). The fourth-order valence-electron chi connectivity index (χ4n) is 3.29. The molecule has 7 heteroatoms. The number of hydrogen-bond donors (Lipinski definition) is 1. The van der Waals surface area contributed by atoms with E-state index in [0.29, 0.717) is 30.0 Å². The Morgan fingerprint density at radius 2 is 1.78 bits per heavy atom. The van der Waals surface area contributed by atoms with Crippen LogP contribution in [0.2, 0.25) is 0 Å². The summed E-state index contributed by atoms with van der Waals surface area (Å²) in [6.45, 7) is 0.546. The van der Waals surface area contributed by atoms with Crippen LogP contribution in [0.3, 0.4) is 0 Å². The number of rotatable bonds is 3. The summed E-state index contributed by atoms with van der Waals surface area (Å²) >= 11 is 0. The Morgan fingerprint density at radius 1 is 1.04 bits per heavy atom. The molecule has 138 valence electrons. The summed E-state index contributed by atoms with van der Waals surface area (Å²) in [5.74, 6) is -2.58. The number of fused-ring (bicyclic) bond motifs is 1. The van der Waals surface area contributed by atoms with Crippen molar-refractivity contribution in [3.63, 3.8) is 0 Å². The Balaban J connectivity index is 1.61. The zero-order valence-corrected chi connectivity index (χ0v) is 14.3. The fourth-order valence-corrected chi connectivity index (χ4v) is 3.29. The van der Waals surface area contributed by atoms with Gasteiger partial charge in [-0.15, -0.1) is 0 Å². The third-order valence-corrected chi connectivity index (χ3v) is 4.72. The number of aromatic amines is 1. The van der Waals surface area contributed by atoms with Crippen molar-refractivity contribution < 1.29 is 13.2 Å². The number of nitrogens with zero attached hydrogens (tertiary/aromatic N) is 2. The monoisotopic (exact) mass is 371 g/mol. The van der Waals surface area contributed by atoms with Gasteiger partial charge in [0.15, 0.2) is 11.6 Å². The maximum atomic E-state index is 13.9. The molecule has 4 rings (SSSR count). The zero-order valence-electron chi connectivity index (χ0n) is 14.3. The van der Waals surface area contributed by atoms with Crippen LogP contribution < -0.4 is 5.56 Å². The molecule has 0 unspecified atom stereocenters. The van der Waals surface area contributed by atoms with Crippen molar-refractivity contribution in [2.45, 2.75) is 19.5 Å². The van der Waals surface area contributed by atoms with Crippen LogP contribution in [-0.4, -0.2) is 21.4 Å². The van der Waals surface area contributed by atoms with E-state index in [-0.39, 0.29) is 24.2 Å². The lowest BCUT2D eigenvalue weighted by Crippen LogP contribution is -2.36. The van der Waals surface area contributed by atoms with Crippen molar-refractivity contribution in [1.82, 2.24) is 14.9 Å². The summed E-state index contributed by atoms with van der Waals surface area (Å²) < 4.78 is 41.2. The van der Waals surface area contributed by atoms with E-state index in [4.69, 9.17) is 0 Å². The van der Waals surface area contributed by atoms with Gasteiger partial charge in [-0.05, 0) is 12.1 Å². The average Bonchev–Trinajstić information content (AvgIpc) is 2.69. The number of nitrogens with one attached hydrogen (secondary N) is 1. The highest BCUT2D eigenvalue weighted by Gasteiger charge is 2.24. The second-order valence-corrected chi connectivity index (χ2v) is 6.49. The van der Waals surface area contributed by atoms with Crippen molar-refractivity contribution in [3.8, 4) is 11.4 Å². The third-order valence-electron chi connectivity index (χ3n) is 4.72. The lowest BCUT2D eigenvalue weighted by atomic mass is 10.0. The topological polar surface area (TPSA) is 49.0 Å². The molecule has 0 radical (unpaired) electrons. The number of halogens is 3. The van der Waals surface area contributed by atoms with E-state index in [1.165, 1.54) is 0 Å². The van der Waals surface area contributed by atoms with E-state index in [2.05, 4.69) is 9.97 Å². The highest BCUT2D eigenvalue weighted by Crippen LogP contribution is 2.22. The van der Waals surface area contributed by atoms with Crippen molar-refractivity contribution in [2.75, 3.05) is 6.54 Å². The smallest absolute Gasteiger partial charge is 0.255 e. The molecule has 0 atom stereocenters. The molecule has 3 aromatic rings. The lowest BCUT2D eigenvalue weighted by molar-refractivity contribution is 0.233. The molecule has 1 N–H and O–H groups in total. The number of hydrogen-bond acceptors (Lipinski definition) is 3. The highest BCUT2D eigenvalue weighted by atomic mass is 19.2. The molecule has 2 aromatic carbocycles. The van der Waals surface area contributed by atoms with E-state index in [0.717, 1.165) is 17.7 Å². The van der Waals surface area contributed by atoms with Crippen LogP contribution in [0.15, 0.2) is 47.3 Å². The van der Waals surface area contributed by atoms with E-state index in [9.17, 15) is 18.0 Å². The molecule has 0 amide bonds. The lowest BCUT2D eigenvalue weighted by Gasteiger charge is -2.28. The van der Waals surface area contributed by atoms with Gasteiger partial charge in [-0.1, -0.05) is 30.3 Å². The summed E-state index contributed by atoms with van der Waals surface area (Å²) in [6, 6.07) is 11.0. The molecule has 4 nitrogen and oxygen atoms in total. The van der Waals surface area contributed by atoms with Crippen LogP contribution in [0.1, 0.15) is 16.8 Å². The first-order valence-electron chi connectivity index (χ1n) is 8.55. The van der Waals surface area contributed by atoms with Gasteiger partial charge in [-0.2, -0.15) is 0 Å². The van der Waals surface area contributed by atoms with Crippen LogP contribution in [0, 0.1) is 17.5 Å². The van der Waals surface area contributed by atoms with Crippen molar-refractivity contribution in [1.29, 1.82) is 0 Å². The van der Waals surface area contributed by atoms with Gasteiger partial charge in [-0.25, -0.2) is 18.2 Å². The Bertz CT molecular complexity index is 1050. The first kappa shape index (κ1) is 17.5. The van der Waals surface area contributed by atoms with Gasteiger partial charge in [-0.3, -0.25) is 9.69 Å². The Kier molecular flexibility index (Phi) is 4.53. The van der Waals surface area contributed by atoms with Gasteiger partial charge in [0.1, 0.15) is 11.6 Å². The molecule has 1 aliphatic heterocycles. The van der Waals surface area contributed by atoms with E-state index >= 15 is 0 Å². The molecule has 0 fully saturated rings. The number of benzene rings is 2. The predicted octanol–water partition coefficient (Wildman–Crippen LogP) is 3.41. The van der Waals surface area contributed by atoms with Gasteiger partial charge < -0.3 is 4.98 Å². The first-order valence-corrected chi connectivity index (χ1v) is 8.55. The van der Waals surface area contributed by atoms with Gasteiger partial charge in [0.2, 0.25) is 0 Å². The van der Waals surface area contributed by atoms with E-state index in [1.807, 2.05) is 30.3 Å². The first-order chi connectivity index (χ1) is 13.0. The van der Waals surface area contributed by atoms with Crippen molar-refractivity contribution in [2.24, 2.45) is 0 Å². The molecule has 1 aliphatic rings. The molecule has 0 aliphatic carbocycles. The molecule has 0 saturated heterocycles. The summed E-state index contributed by atoms with van der Waals surface area (Å²) in [5, 5.41) is 0. The summed E-state index contributed by atoms with van der Waals surface area (Å²) in [5.41, 5.74) is 1.35. The second-order valence-electron chi connectivity index (χ2n) is 6.49. The highest BCUT2D eigenvalue weighted by molar-refractivity contribution is 5.54. The van der Waals surface area contributed by atoms with Crippen LogP contribution >= 0.6 is 0 Å². The molecule has 0 spiro atoms. The summed E-state index contributed by atoms with van der Waals surface area (Å²) in [4.78, 5) is 21.5.